The first-order chi connectivity index (χ1) is 21.3. The van der Waals surface area contributed by atoms with E-state index in [1.165, 1.54) is 21.9 Å². The van der Waals surface area contributed by atoms with Gasteiger partial charge in [-0.3, -0.25) is 4.90 Å². The summed E-state index contributed by atoms with van der Waals surface area (Å²) in [4.78, 5) is 2.54. The first-order valence-electron chi connectivity index (χ1n) is 17.9. The molecule has 2 aromatic rings. The maximum atomic E-state index is 12.3. The third kappa shape index (κ3) is 9.47. The second kappa shape index (κ2) is 14.8. The minimum Gasteiger partial charge on any atom is -0.415 e. The van der Waals surface area contributed by atoms with Crippen LogP contribution in [0.25, 0.3) is 10.8 Å². The fourth-order valence-corrected chi connectivity index (χ4v) is 9.37. The molecule has 0 amide bonds. The second-order valence-corrected chi connectivity index (χ2v) is 32.9. The van der Waals surface area contributed by atoms with Gasteiger partial charge in [0, 0.05) is 13.1 Å². The van der Waals surface area contributed by atoms with Crippen LogP contribution in [-0.4, -0.2) is 85.6 Å². The van der Waals surface area contributed by atoms with Crippen LogP contribution in [0.3, 0.4) is 0 Å². The highest BCUT2D eigenvalue weighted by molar-refractivity contribution is 6.75. The van der Waals surface area contributed by atoms with Crippen LogP contribution < -0.4 is 5.73 Å². The smallest absolute Gasteiger partial charge is 0.192 e. The summed E-state index contributed by atoms with van der Waals surface area (Å²) in [7, 11) is -6.52. The van der Waals surface area contributed by atoms with E-state index in [0.29, 0.717) is 19.7 Å². The number of aliphatic hydroxyl groups excluding tert-OH is 1. The van der Waals surface area contributed by atoms with Gasteiger partial charge in [-0.1, -0.05) is 98.7 Å². The highest BCUT2D eigenvalue weighted by Crippen LogP contribution is 2.43. The van der Waals surface area contributed by atoms with E-state index in [2.05, 4.69) is 143 Å². The lowest BCUT2D eigenvalue weighted by Crippen LogP contribution is -2.68. The van der Waals surface area contributed by atoms with Crippen molar-refractivity contribution in [2.24, 2.45) is 5.73 Å². The van der Waals surface area contributed by atoms with Crippen molar-refractivity contribution in [3.63, 3.8) is 0 Å². The van der Waals surface area contributed by atoms with Crippen molar-refractivity contribution in [1.29, 1.82) is 0 Å². The Hall–Kier alpha value is -0.889. The summed E-state index contributed by atoms with van der Waals surface area (Å²) in [6.07, 6.45) is 0.275. The molecule has 2 unspecified atom stereocenters. The lowest BCUT2D eigenvalue weighted by molar-refractivity contribution is -0.133. The summed E-state index contributed by atoms with van der Waals surface area (Å²) in [5.41, 5.74) is 8.61. The molecule has 3 N–H and O–H groups in total. The maximum absolute atomic E-state index is 12.3. The minimum atomic E-state index is -2.26. The molecule has 1 heterocycles. The largest absolute Gasteiger partial charge is 0.415 e. The number of fused-ring (bicyclic) bond motifs is 1. The van der Waals surface area contributed by atoms with Crippen LogP contribution in [0.4, 0.5) is 0 Å². The van der Waals surface area contributed by atoms with Crippen molar-refractivity contribution in [1.82, 2.24) is 4.90 Å². The van der Waals surface area contributed by atoms with Gasteiger partial charge in [0.1, 0.15) is 6.10 Å². The summed E-state index contributed by atoms with van der Waals surface area (Å²) in [6, 6.07) is 13.2. The van der Waals surface area contributed by atoms with Gasteiger partial charge in [0.05, 0.1) is 24.9 Å². The van der Waals surface area contributed by atoms with E-state index in [9.17, 15) is 5.11 Å². The quantitative estimate of drug-likeness (QED) is 0.216. The SMILES string of the molecule is CC(C)(C)[Si](C)(C)OC[C@@H]1C(O[Si](C)(C)C(C)(C)C)[C@H](O)C(O[Si](C)(C)C(C)(C)C)CN1CCc1ccc(CCN)c2ccccc12. The average Bonchev–Trinajstić information content (AvgIpc) is 2.92. The normalized spacial score (nSPS) is 22.7. The van der Waals surface area contributed by atoms with Gasteiger partial charge in [-0.15, -0.1) is 0 Å². The number of rotatable bonds is 12. The molecule has 1 aliphatic rings. The Morgan fingerprint density at radius 3 is 1.66 bits per heavy atom. The van der Waals surface area contributed by atoms with Gasteiger partial charge in [0.2, 0.25) is 0 Å². The van der Waals surface area contributed by atoms with Crippen LogP contribution in [-0.2, 0) is 26.1 Å². The van der Waals surface area contributed by atoms with Crippen molar-refractivity contribution in [3.05, 3.63) is 47.5 Å². The molecule has 0 aliphatic carbocycles. The maximum Gasteiger partial charge on any atom is 0.192 e. The van der Waals surface area contributed by atoms with Crippen molar-refractivity contribution in [2.75, 3.05) is 26.2 Å². The number of hydrogen-bond donors (Lipinski definition) is 2. The monoisotopic (exact) mass is 702 g/mol. The molecule has 4 atom stereocenters. The molecule has 0 spiro atoms. The zero-order valence-corrected chi connectivity index (χ0v) is 35.7. The van der Waals surface area contributed by atoms with Crippen LogP contribution >= 0.6 is 0 Å². The van der Waals surface area contributed by atoms with Crippen LogP contribution in [0.5, 0.6) is 0 Å². The molecule has 2 aromatic carbocycles. The van der Waals surface area contributed by atoms with Crippen molar-refractivity contribution in [2.45, 2.75) is 154 Å². The van der Waals surface area contributed by atoms with E-state index < -0.39 is 37.2 Å². The molecular weight excluding hydrogens is 633 g/mol. The summed E-state index contributed by atoms with van der Waals surface area (Å²) < 4.78 is 21.3. The van der Waals surface area contributed by atoms with Crippen LogP contribution in [0.15, 0.2) is 36.4 Å². The third-order valence-corrected chi connectivity index (χ3v) is 25.6. The van der Waals surface area contributed by atoms with Gasteiger partial charge >= 0.3 is 0 Å². The van der Waals surface area contributed by atoms with E-state index in [1.54, 1.807) is 0 Å². The molecule has 9 heteroatoms. The van der Waals surface area contributed by atoms with Gasteiger partial charge in [-0.05, 0) is 95.7 Å². The number of nitrogens with two attached hydrogens (primary N) is 1. The zero-order valence-electron chi connectivity index (χ0n) is 32.7. The van der Waals surface area contributed by atoms with Gasteiger partial charge in [0.25, 0.3) is 0 Å². The Morgan fingerprint density at radius 2 is 1.19 bits per heavy atom. The van der Waals surface area contributed by atoms with Gasteiger partial charge in [-0.25, -0.2) is 0 Å². The molecule has 0 radical (unpaired) electrons. The topological polar surface area (TPSA) is 77.2 Å². The standard InChI is InChI=1S/C38H70N2O4Si3/c1-36(2,3)45(10,11)42-27-32-35(44-47(14,15)38(7,8)9)34(41)33(43-46(12,13)37(4,5)6)26-40(32)25-23-29-21-20-28(22-24-39)30-18-16-17-19-31(29)30/h16-21,32-35,41H,22-27,39H2,1-15H3/t32-,33?,34-,35?/m1/s1. The Balaban J connectivity index is 2.09. The number of hydrogen-bond acceptors (Lipinski definition) is 6. The van der Waals surface area contributed by atoms with Crippen molar-refractivity contribution < 1.29 is 18.4 Å². The van der Waals surface area contributed by atoms with Gasteiger partial charge in [-0.2, -0.15) is 0 Å². The number of nitrogens with zero attached hydrogens (tertiary/aromatic N) is 1. The Bertz CT molecular complexity index is 1330. The van der Waals surface area contributed by atoms with E-state index in [0.717, 1.165) is 19.4 Å². The summed E-state index contributed by atoms with van der Waals surface area (Å²) in [6.45, 7) is 37.0. The molecule has 268 valence electrons. The predicted molar refractivity (Wildman–Crippen MR) is 209 cm³/mol. The summed E-state index contributed by atoms with van der Waals surface area (Å²) in [5, 5.41) is 15.0. The first kappa shape index (κ1) is 40.5. The third-order valence-electron chi connectivity index (χ3n) is 12.1. The molecule has 47 heavy (non-hydrogen) atoms. The molecule has 1 saturated heterocycles. The van der Waals surface area contributed by atoms with Crippen LogP contribution in [0.2, 0.25) is 54.4 Å². The summed E-state index contributed by atoms with van der Waals surface area (Å²) >= 11 is 0. The van der Waals surface area contributed by atoms with Crippen molar-refractivity contribution >= 4 is 35.7 Å². The van der Waals surface area contributed by atoms with Crippen LogP contribution in [0.1, 0.15) is 73.4 Å². The average molecular weight is 703 g/mol. The number of aliphatic hydroxyl groups is 1. The number of likely N-dealkylation sites (tertiary alicyclic amines) is 1. The minimum absolute atomic E-state index is 0.000189. The molecular formula is C38H70N2O4Si3. The summed E-state index contributed by atoms with van der Waals surface area (Å²) in [5.74, 6) is 0. The molecule has 0 bridgehead atoms. The van der Waals surface area contributed by atoms with Crippen LogP contribution in [0, 0.1) is 0 Å². The van der Waals surface area contributed by atoms with Gasteiger partial charge in [0.15, 0.2) is 25.0 Å². The molecule has 1 aliphatic heterocycles. The highest BCUT2D eigenvalue weighted by Gasteiger charge is 2.52. The fourth-order valence-electron chi connectivity index (χ4n) is 5.70. The number of benzene rings is 2. The molecule has 3 rings (SSSR count). The zero-order chi connectivity index (χ0) is 35.8. The Labute approximate surface area is 291 Å². The molecule has 0 saturated carbocycles. The molecule has 1 fully saturated rings. The highest BCUT2D eigenvalue weighted by atomic mass is 28.4. The molecule has 0 aromatic heterocycles. The Morgan fingerprint density at radius 1 is 0.723 bits per heavy atom. The number of piperidine rings is 1. The second-order valence-electron chi connectivity index (χ2n) is 18.6. The van der Waals surface area contributed by atoms with E-state index in [1.807, 2.05) is 0 Å². The van der Waals surface area contributed by atoms with Crippen molar-refractivity contribution in [3.8, 4) is 0 Å². The first-order valence-corrected chi connectivity index (χ1v) is 26.7. The lowest BCUT2D eigenvalue weighted by atomic mass is 9.92. The molecule has 6 nitrogen and oxygen atoms in total. The fraction of sp³-hybridized carbons (Fsp3) is 0.737. The van der Waals surface area contributed by atoms with E-state index in [-0.39, 0.29) is 27.3 Å². The predicted octanol–water partition coefficient (Wildman–Crippen LogP) is 8.73. The van der Waals surface area contributed by atoms with E-state index in [4.69, 9.17) is 19.0 Å². The Kier molecular flexibility index (Phi) is 12.7. The van der Waals surface area contributed by atoms with E-state index >= 15 is 0 Å². The van der Waals surface area contributed by atoms with Gasteiger partial charge < -0.3 is 24.1 Å². The lowest BCUT2D eigenvalue weighted by Gasteiger charge is -2.53.